The first-order chi connectivity index (χ1) is 8.08. The SMILES string of the molecule is O=C(O)[C@H]1C[C@@H]1n1cc([N+](=O)[O-])c(C2CC2)n1. The van der Waals surface area contributed by atoms with Gasteiger partial charge in [0.25, 0.3) is 0 Å². The van der Waals surface area contributed by atoms with Crippen molar-refractivity contribution in [3.05, 3.63) is 22.0 Å². The quantitative estimate of drug-likeness (QED) is 0.628. The predicted octanol–water partition coefficient (Wildman–Crippen LogP) is 1.31. The van der Waals surface area contributed by atoms with Crippen molar-refractivity contribution in [1.82, 2.24) is 9.78 Å². The lowest BCUT2D eigenvalue weighted by molar-refractivity contribution is -0.385. The maximum absolute atomic E-state index is 10.9. The van der Waals surface area contributed by atoms with Gasteiger partial charge in [-0.2, -0.15) is 5.10 Å². The number of carboxylic acid groups (broad SMARTS) is 1. The van der Waals surface area contributed by atoms with Gasteiger partial charge in [-0.1, -0.05) is 0 Å². The molecule has 17 heavy (non-hydrogen) atoms. The number of aliphatic carboxylic acids is 1. The maximum Gasteiger partial charge on any atom is 0.310 e. The number of carboxylic acids is 1. The molecule has 0 amide bonds. The Morgan fingerprint density at radius 3 is 2.76 bits per heavy atom. The molecule has 0 aliphatic heterocycles. The number of hydrogen-bond acceptors (Lipinski definition) is 4. The second-order valence-corrected chi connectivity index (χ2v) is 4.66. The van der Waals surface area contributed by atoms with Crippen LogP contribution in [0.5, 0.6) is 0 Å². The van der Waals surface area contributed by atoms with Crippen LogP contribution in [0.25, 0.3) is 0 Å². The first-order valence-corrected chi connectivity index (χ1v) is 5.54. The van der Waals surface area contributed by atoms with E-state index >= 15 is 0 Å². The van der Waals surface area contributed by atoms with Crippen LogP contribution in [0, 0.1) is 16.0 Å². The predicted molar refractivity (Wildman–Crippen MR) is 55.6 cm³/mol. The first-order valence-electron chi connectivity index (χ1n) is 5.54. The number of aromatic nitrogens is 2. The summed E-state index contributed by atoms with van der Waals surface area (Å²) in [5.74, 6) is -1.11. The summed E-state index contributed by atoms with van der Waals surface area (Å²) in [7, 11) is 0. The molecule has 7 heteroatoms. The Morgan fingerprint density at radius 2 is 2.29 bits per heavy atom. The lowest BCUT2D eigenvalue weighted by Gasteiger charge is -1.95. The van der Waals surface area contributed by atoms with Gasteiger partial charge in [-0.25, -0.2) is 0 Å². The molecule has 0 unspecified atom stereocenters. The number of nitro groups is 1. The van der Waals surface area contributed by atoms with E-state index in [0.717, 1.165) is 12.8 Å². The van der Waals surface area contributed by atoms with E-state index in [4.69, 9.17) is 5.11 Å². The van der Waals surface area contributed by atoms with Crippen LogP contribution in [-0.4, -0.2) is 25.8 Å². The van der Waals surface area contributed by atoms with Crippen molar-refractivity contribution in [2.45, 2.75) is 31.2 Å². The Morgan fingerprint density at radius 1 is 1.59 bits per heavy atom. The molecule has 2 aliphatic rings. The molecule has 90 valence electrons. The van der Waals surface area contributed by atoms with E-state index < -0.39 is 16.8 Å². The Balaban J connectivity index is 1.89. The fourth-order valence-corrected chi connectivity index (χ4v) is 2.09. The zero-order valence-corrected chi connectivity index (χ0v) is 8.94. The highest BCUT2D eigenvalue weighted by atomic mass is 16.6. The maximum atomic E-state index is 10.9. The van der Waals surface area contributed by atoms with Crippen molar-refractivity contribution >= 4 is 11.7 Å². The van der Waals surface area contributed by atoms with Crippen LogP contribution >= 0.6 is 0 Å². The van der Waals surface area contributed by atoms with Gasteiger partial charge in [0.1, 0.15) is 11.9 Å². The summed E-state index contributed by atoms with van der Waals surface area (Å²) in [5, 5.41) is 23.9. The van der Waals surface area contributed by atoms with E-state index in [1.807, 2.05) is 0 Å². The van der Waals surface area contributed by atoms with Gasteiger partial charge in [-0.05, 0) is 19.3 Å². The van der Waals surface area contributed by atoms with Crippen molar-refractivity contribution in [1.29, 1.82) is 0 Å². The Kier molecular flexibility index (Phi) is 1.98. The minimum atomic E-state index is -0.860. The Bertz CT molecular complexity index is 506. The van der Waals surface area contributed by atoms with Crippen LogP contribution in [0.3, 0.4) is 0 Å². The molecule has 2 aliphatic carbocycles. The molecule has 1 aromatic heterocycles. The molecule has 7 nitrogen and oxygen atoms in total. The van der Waals surface area contributed by atoms with Gasteiger partial charge in [0.15, 0.2) is 0 Å². The highest BCUT2D eigenvalue weighted by molar-refractivity contribution is 5.73. The lowest BCUT2D eigenvalue weighted by atomic mass is 10.3. The van der Waals surface area contributed by atoms with Crippen LogP contribution in [0.2, 0.25) is 0 Å². The molecule has 1 heterocycles. The van der Waals surface area contributed by atoms with Crippen LogP contribution in [0.4, 0.5) is 5.69 Å². The Labute approximate surface area is 96.2 Å². The van der Waals surface area contributed by atoms with E-state index in [9.17, 15) is 14.9 Å². The molecule has 0 aromatic carbocycles. The minimum Gasteiger partial charge on any atom is -0.481 e. The standard InChI is InChI=1S/C10H11N3O4/c14-10(15)6-3-7(6)12-4-8(13(16)17)9(11-12)5-1-2-5/h4-7H,1-3H2,(H,14,15)/t6-,7-/m0/s1. The summed E-state index contributed by atoms with van der Waals surface area (Å²) in [5.41, 5.74) is 0.551. The molecule has 0 radical (unpaired) electrons. The van der Waals surface area contributed by atoms with Gasteiger partial charge >= 0.3 is 11.7 Å². The molecule has 3 rings (SSSR count). The average Bonchev–Trinajstić information content (AvgIpc) is 3.15. The molecule has 1 N–H and O–H groups in total. The fourth-order valence-electron chi connectivity index (χ4n) is 2.09. The molecular weight excluding hydrogens is 226 g/mol. The number of hydrogen-bond donors (Lipinski definition) is 1. The van der Waals surface area contributed by atoms with Gasteiger partial charge in [-0.3, -0.25) is 19.6 Å². The number of carbonyl (C=O) groups is 1. The summed E-state index contributed by atoms with van der Waals surface area (Å²) >= 11 is 0. The van der Waals surface area contributed by atoms with E-state index in [2.05, 4.69) is 5.10 Å². The summed E-state index contributed by atoms with van der Waals surface area (Å²) in [4.78, 5) is 21.2. The molecular formula is C10H11N3O4. The number of nitrogens with zero attached hydrogens (tertiary/aromatic N) is 3. The molecule has 2 saturated carbocycles. The zero-order valence-electron chi connectivity index (χ0n) is 8.94. The van der Waals surface area contributed by atoms with Crippen LogP contribution in [0.15, 0.2) is 6.20 Å². The summed E-state index contributed by atoms with van der Waals surface area (Å²) in [6, 6.07) is -0.210. The highest BCUT2D eigenvalue weighted by Gasteiger charge is 2.47. The average molecular weight is 237 g/mol. The minimum absolute atomic E-state index is 0.0311. The van der Waals surface area contributed by atoms with Crippen molar-refractivity contribution in [3.8, 4) is 0 Å². The largest absolute Gasteiger partial charge is 0.481 e. The van der Waals surface area contributed by atoms with Crippen molar-refractivity contribution in [3.63, 3.8) is 0 Å². The third-order valence-corrected chi connectivity index (χ3v) is 3.31. The summed E-state index contributed by atoms with van der Waals surface area (Å²) in [6.45, 7) is 0. The van der Waals surface area contributed by atoms with Crippen LogP contribution < -0.4 is 0 Å². The first kappa shape index (κ1) is 10.2. The smallest absolute Gasteiger partial charge is 0.310 e. The molecule has 0 bridgehead atoms. The molecule has 2 fully saturated rings. The highest BCUT2D eigenvalue weighted by Crippen LogP contribution is 2.47. The fraction of sp³-hybridized carbons (Fsp3) is 0.600. The molecule has 0 spiro atoms. The van der Waals surface area contributed by atoms with E-state index in [1.165, 1.54) is 10.9 Å². The molecule has 2 atom stereocenters. The van der Waals surface area contributed by atoms with E-state index in [1.54, 1.807) is 0 Å². The van der Waals surface area contributed by atoms with E-state index in [0.29, 0.717) is 12.1 Å². The third-order valence-electron chi connectivity index (χ3n) is 3.31. The van der Waals surface area contributed by atoms with Crippen LogP contribution in [0.1, 0.15) is 36.9 Å². The second kappa shape index (κ2) is 3.28. The monoisotopic (exact) mass is 237 g/mol. The summed E-state index contributed by atoms with van der Waals surface area (Å²) in [6.07, 6.45) is 3.76. The van der Waals surface area contributed by atoms with Gasteiger partial charge in [0, 0.05) is 5.92 Å². The third kappa shape index (κ3) is 1.67. The van der Waals surface area contributed by atoms with Crippen molar-refractivity contribution in [2.24, 2.45) is 5.92 Å². The molecule has 1 aromatic rings. The lowest BCUT2D eigenvalue weighted by Crippen LogP contribution is -2.04. The van der Waals surface area contributed by atoms with Gasteiger partial charge < -0.3 is 5.11 Å². The zero-order chi connectivity index (χ0) is 12.2. The topological polar surface area (TPSA) is 98.3 Å². The van der Waals surface area contributed by atoms with Gasteiger partial charge in [0.05, 0.1) is 16.9 Å². The number of rotatable bonds is 4. The molecule has 0 saturated heterocycles. The van der Waals surface area contributed by atoms with Gasteiger partial charge in [0.2, 0.25) is 0 Å². The summed E-state index contributed by atoms with van der Waals surface area (Å²) < 4.78 is 1.46. The van der Waals surface area contributed by atoms with Gasteiger partial charge in [-0.15, -0.1) is 0 Å². The van der Waals surface area contributed by atoms with E-state index in [-0.39, 0.29) is 17.6 Å². The van der Waals surface area contributed by atoms with Crippen molar-refractivity contribution in [2.75, 3.05) is 0 Å². The second-order valence-electron chi connectivity index (χ2n) is 4.66. The van der Waals surface area contributed by atoms with Crippen molar-refractivity contribution < 1.29 is 14.8 Å². The Hall–Kier alpha value is -1.92. The normalized spacial score (nSPS) is 26.8. The van der Waals surface area contributed by atoms with Crippen LogP contribution in [-0.2, 0) is 4.79 Å².